The van der Waals surface area contributed by atoms with Crippen LogP contribution in [0.1, 0.15) is 48.9 Å². The van der Waals surface area contributed by atoms with E-state index >= 15 is 0 Å². The van der Waals surface area contributed by atoms with E-state index in [0.717, 1.165) is 31.6 Å². The normalized spacial score (nSPS) is 18.0. The van der Waals surface area contributed by atoms with E-state index in [-0.39, 0.29) is 17.7 Å². The van der Waals surface area contributed by atoms with Crippen molar-refractivity contribution in [3.63, 3.8) is 0 Å². The lowest BCUT2D eigenvalue weighted by atomic mass is 9.94. The third kappa shape index (κ3) is 4.74. The number of halogens is 1. The number of hydrogen-bond donors (Lipinski definition) is 0. The van der Waals surface area contributed by atoms with Gasteiger partial charge in [0.25, 0.3) is 5.91 Å². The molecule has 0 unspecified atom stereocenters. The lowest BCUT2D eigenvalue weighted by Crippen LogP contribution is -2.44. The smallest absolute Gasteiger partial charge is 0.257 e. The minimum absolute atomic E-state index is 0.0174. The quantitative estimate of drug-likeness (QED) is 0.704. The number of aromatic nitrogens is 1. The molecule has 1 aromatic heterocycles. The van der Waals surface area contributed by atoms with Crippen LogP contribution in [0, 0.1) is 5.92 Å². The zero-order chi connectivity index (χ0) is 21.8. The van der Waals surface area contributed by atoms with Crippen LogP contribution in [-0.4, -0.2) is 59.5 Å². The molecule has 166 valence electrons. The van der Waals surface area contributed by atoms with Gasteiger partial charge in [0, 0.05) is 50.6 Å². The van der Waals surface area contributed by atoms with Crippen LogP contribution in [-0.2, 0) is 4.79 Å². The van der Waals surface area contributed by atoms with Crippen LogP contribution in [0.2, 0.25) is 5.02 Å². The minimum atomic E-state index is -0.0986. The highest BCUT2D eigenvalue weighted by atomic mass is 35.5. The van der Waals surface area contributed by atoms with Crippen molar-refractivity contribution in [3.8, 4) is 11.4 Å². The van der Waals surface area contributed by atoms with E-state index in [4.69, 9.17) is 16.3 Å². The van der Waals surface area contributed by atoms with Crippen LogP contribution in [0.5, 0.6) is 5.75 Å². The Hall–Kier alpha value is -2.47. The molecular weight excluding hydrogens is 414 g/mol. The van der Waals surface area contributed by atoms with Crippen molar-refractivity contribution in [1.29, 1.82) is 0 Å². The van der Waals surface area contributed by atoms with Crippen LogP contribution in [0.4, 0.5) is 0 Å². The van der Waals surface area contributed by atoms with Crippen molar-refractivity contribution >= 4 is 23.4 Å². The van der Waals surface area contributed by atoms with Crippen molar-refractivity contribution in [3.05, 3.63) is 47.2 Å². The number of likely N-dealkylation sites (tertiary alicyclic amines) is 2. The second-order valence-corrected chi connectivity index (χ2v) is 8.81. The third-order valence-corrected chi connectivity index (χ3v) is 6.73. The molecule has 3 heterocycles. The van der Waals surface area contributed by atoms with Crippen LogP contribution >= 0.6 is 11.6 Å². The zero-order valence-electron chi connectivity index (χ0n) is 18.1. The molecule has 6 nitrogen and oxygen atoms in total. The molecule has 0 radical (unpaired) electrons. The van der Waals surface area contributed by atoms with Gasteiger partial charge in [0.15, 0.2) is 0 Å². The Kier molecular flexibility index (Phi) is 6.86. The van der Waals surface area contributed by atoms with Crippen LogP contribution in [0.3, 0.4) is 0 Å². The van der Waals surface area contributed by atoms with E-state index in [1.165, 1.54) is 12.8 Å². The Bertz CT molecular complexity index is 912. The van der Waals surface area contributed by atoms with Gasteiger partial charge < -0.3 is 19.1 Å². The van der Waals surface area contributed by atoms with Gasteiger partial charge in [0.2, 0.25) is 5.91 Å². The van der Waals surface area contributed by atoms with E-state index in [0.29, 0.717) is 42.3 Å². The summed E-state index contributed by atoms with van der Waals surface area (Å²) in [5.74, 6) is 0.689. The fourth-order valence-corrected chi connectivity index (χ4v) is 4.88. The van der Waals surface area contributed by atoms with Crippen molar-refractivity contribution in [2.24, 2.45) is 5.92 Å². The summed E-state index contributed by atoms with van der Waals surface area (Å²) in [5.41, 5.74) is 1.22. The van der Waals surface area contributed by atoms with Crippen molar-refractivity contribution < 1.29 is 14.3 Å². The largest absolute Gasteiger partial charge is 0.496 e. The first kappa shape index (κ1) is 21.8. The molecule has 4 rings (SSSR count). The number of carbonyl (C=O) groups excluding carboxylic acids is 2. The molecule has 2 aromatic rings. The molecule has 0 aliphatic carbocycles. The molecule has 2 saturated heterocycles. The van der Waals surface area contributed by atoms with E-state index in [2.05, 4.69) is 0 Å². The monoisotopic (exact) mass is 443 g/mol. The Balaban J connectivity index is 1.44. The second kappa shape index (κ2) is 9.77. The van der Waals surface area contributed by atoms with E-state index in [9.17, 15) is 9.59 Å². The minimum Gasteiger partial charge on any atom is -0.496 e. The number of rotatable bonds is 4. The summed E-state index contributed by atoms with van der Waals surface area (Å²) in [4.78, 5) is 30.0. The number of benzene rings is 1. The van der Waals surface area contributed by atoms with Crippen LogP contribution in [0.15, 0.2) is 36.7 Å². The highest BCUT2D eigenvalue weighted by molar-refractivity contribution is 6.33. The lowest BCUT2D eigenvalue weighted by molar-refractivity contribution is -0.136. The molecule has 2 aliphatic rings. The molecule has 0 N–H and O–H groups in total. The Morgan fingerprint density at radius 3 is 2.19 bits per heavy atom. The van der Waals surface area contributed by atoms with E-state index in [1.807, 2.05) is 38.9 Å². The predicted molar refractivity (Wildman–Crippen MR) is 121 cm³/mol. The molecule has 0 bridgehead atoms. The van der Waals surface area contributed by atoms with Gasteiger partial charge in [-0.1, -0.05) is 24.4 Å². The molecular formula is C24H30ClN3O3. The second-order valence-electron chi connectivity index (χ2n) is 8.40. The molecule has 2 fully saturated rings. The van der Waals surface area contributed by atoms with Crippen LogP contribution < -0.4 is 4.74 Å². The first-order chi connectivity index (χ1) is 15.1. The SMILES string of the molecule is COc1cc(-n2cccc2)c(Cl)cc1C(=O)N1CCC(C(=O)N2CCCCCC2)CC1. The van der Waals surface area contributed by atoms with Gasteiger partial charge in [0.05, 0.1) is 23.4 Å². The maximum Gasteiger partial charge on any atom is 0.257 e. The topological polar surface area (TPSA) is 54.8 Å². The zero-order valence-corrected chi connectivity index (χ0v) is 18.8. The standard InChI is InChI=1S/C24H30ClN3O3/c1-31-22-17-21(26-10-6-7-11-26)20(25)16-19(22)24(30)28-14-8-18(9-15-28)23(29)27-12-4-2-3-5-13-27/h6-7,10-11,16-18H,2-5,8-9,12-15H2,1H3. The number of piperidine rings is 1. The molecule has 1 aromatic carbocycles. The van der Waals surface area contributed by atoms with Gasteiger partial charge in [-0.3, -0.25) is 9.59 Å². The average Bonchev–Trinajstić information content (AvgIpc) is 3.20. The van der Waals surface area contributed by atoms with Gasteiger partial charge >= 0.3 is 0 Å². The average molecular weight is 444 g/mol. The summed E-state index contributed by atoms with van der Waals surface area (Å²) in [6.45, 7) is 2.90. The van der Waals surface area contributed by atoms with E-state index in [1.54, 1.807) is 19.2 Å². The molecule has 0 atom stereocenters. The first-order valence-corrected chi connectivity index (χ1v) is 11.5. The fourth-order valence-electron chi connectivity index (χ4n) is 4.62. The number of carbonyl (C=O) groups is 2. The number of amides is 2. The van der Waals surface area contributed by atoms with Crippen molar-refractivity contribution in [2.75, 3.05) is 33.3 Å². The highest BCUT2D eigenvalue weighted by Gasteiger charge is 2.31. The number of hydrogen-bond acceptors (Lipinski definition) is 3. The number of ether oxygens (including phenoxy) is 1. The van der Waals surface area contributed by atoms with Crippen molar-refractivity contribution in [1.82, 2.24) is 14.4 Å². The molecule has 7 heteroatoms. The third-order valence-electron chi connectivity index (χ3n) is 6.43. The van der Waals surface area contributed by atoms with Gasteiger partial charge in [-0.05, 0) is 43.9 Å². The van der Waals surface area contributed by atoms with Gasteiger partial charge in [0.1, 0.15) is 5.75 Å². The predicted octanol–water partition coefficient (Wildman–Crippen LogP) is 4.39. The number of methoxy groups -OCH3 is 1. The summed E-state index contributed by atoms with van der Waals surface area (Å²) in [6.07, 6.45) is 9.83. The maximum absolute atomic E-state index is 13.2. The molecule has 0 saturated carbocycles. The molecule has 0 spiro atoms. The Labute approximate surface area is 188 Å². The summed E-state index contributed by atoms with van der Waals surface area (Å²) in [6, 6.07) is 7.32. The highest BCUT2D eigenvalue weighted by Crippen LogP contribution is 2.32. The summed E-state index contributed by atoms with van der Waals surface area (Å²) in [5, 5.41) is 0.492. The van der Waals surface area contributed by atoms with Gasteiger partial charge in [-0.2, -0.15) is 0 Å². The summed E-state index contributed by atoms with van der Waals surface area (Å²) < 4.78 is 7.41. The number of nitrogens with zero attached hydrogens (tertiary/aromatic N) is 3. The molecule has 2 amide bonds. The van der Waals surface area contributed by atoms with Crippen LogP contribution in [0.25, 0.3) is 5.69 Å². The maximum atomic E-state index is 13.2. The molecule has 2 aliphatic heterocycles. The Morgan fingerprint density at radius 1 is 0.935 bits per heavy atom. The lowest BCUT2D eigenvalue weighted by Gasteiger charge is -2.34. The fraction of sp³-hybridized carbons (Fsp3) is 0.500. The summed E-state index contributed by atoms with van der Waals surface area (Å²) in [7, 11) is 1.56. The summed E-state index contributed by atoms with van der Waals surface area (Å²) >= 11 is 6.50. The first-order valence-electron chi connectivity index (χ1n) is 11.2. The Morgan fingerprint density at radius 2 is 1.58 bits per heavy atom. The van der Waals surface area contributed by atoms with Crippen molar-refractivity contribution in [2.45, 2.75) is 38.5 Å². The van der Waals surface area contributed by atoms with Gasteiger partial charge in [-0.15, -0.1) is 0 Å². The molecule has 31 heavy (non-hydrogen) atoms. The van der Waals surface area contributed by atoms with Gasteiger partial charge in [-0.25, -0.2) is 0 Å². The van der Waals surface area contributed by atoms with E-state index < -0.39 is 0 Å².